The predicted molar refractivity (Wildman–Crippen MR) is 77.9 cm³/mol. The molecule has 1 saturated carbocycles. The summed E-state index contributed by atoms with van der Waals surface area (Å²) in [5.41, 5.74) is 0.283. The normalized spacial score (nSPS) is 35.6. The van der Waals surface area contributed by atoms with Gasteiger partial charge in [0, 0.05) is 12.7 Å². The summed E-state index contributed by atoms with van der Waals surface area (Å²) in [5, 5.41) is 11.2. The molecule has 1 spiro atoms. The lowest BCUT2D eigenvalue weighted by atomic mass is 9.70. The second kappa shape index (κ2) is 4.61. The molecule has 1 unspecified atom stereocenters. The molecule has 1 fully saturated rings. The second-order valence-corrected chi connectivity index (χ2v) is 6.00. The van der Waals surface area contributed by atoms with Crippen LogP contribution in [-0.2, 0) is 10.3 Å². The third-order valence-corrected chi connectivity index (χ3v) is 4.91. The van der Waals surface area contributed by atoms with E-state index in [-0.39, 0.29) is 6.10 Å². The van der Waals surface area contributed by atoms with E-state index in [0.29, 0.717) is 0 Å². The van der Waals surface area contributed by atoms with E-state index in [1.165, 1.54) is 0 Å². The van der Waals surface area contributed by atoms with Crippen molar-refractivity contribution in [3.05, 3.63) is 42.0 Å². The van der Waals surface area contributed by atoms with Gasteiger partial charge in [-0.05, 0) is 44.7 Å². The van der Waals surface area contributed by atoms with Crippen LogP contribution in [0.15, 0.2) is 30.9 Å². The van der Waals surface area contributed by atoms with Crippen molar-refractivity contribution < 1.29 is 14.6 Å². The Labute approximate surface area is 120 Å². The van der Waals surface area contributed by atoms with Gasteiger partial charge in [0.15, 0.2) is 5.60 Å². The van der Waals surface area contributed by atoms with Gasteiger partial charge < -0.3 is 14.6 Å². The summed E-state index contributed by atoms with van der Waals surface area (Å²) >= 11 is 0. The fourth-order valence-corrected chi connectivity index (χ4v) is 3.64. The number of aliphatic hydroxyl groups is 1. The molecular formula is C17H22O3. The molecule has 108 valence electrons. The number of aryl methyl sites for hydroxylation is 1. The van der Waals surface area contributed by atoms with E-state index in [9.17, 15) is 5.11 Å². The largest absolute Gasteiger partial charge is 0.483 e. The zero-order valence-corrected chi connectivity index (χ0v) is 12.2. The highest BCUT2D eigenvalue weighted by Gasteiger charge is 2.58. The van der Waals surface area contributed by atoms with Crippen LogP contribution in [0, 0.1) is 6.92 Å². The molecule has 0 radical (unpaired) electrons. The molecule has 20 heavy (non-hydrogen) atoms. The lowest BCUT2D eigenvalue weighted by molar-refractivity contribution is -0.120. The monoisotopic (exact) mass is 274 g/mol. The molecule has 3 nitrogen and oxygen atoms in total. The number of hydrogen-bond donors (Lipinski definition) is 1. The van der Waals surface area contributed by atoms with Crippen molar-refractivity contribution in [3.63, 3.8) is 0 Å². The molecule has 0 bridgehead atoms. The van der Waals surface area contributed by atoms with Crippen LogP contribution in [0.5, 0.6) is 5.75 Å². The highest BCUT2D eigenvalue weighted by molar-refractivity contribution is 5.50. The van der Waals surface area contributed by atoms with Crippen molar-refractivity contribution in [1.29, 1.82) is 0 Å². The minimum atomic E-state index is -1.10. The molecule has 1 heterocycles. The van der Waals surface area contributed by atoms with E-state index in [2.05, 4.69) is 6.58 Å². The van der Waals surface area contributed by atoms with Crippen molar-refractivity contribution in [2.75, 3.05) is 7.11 Å². The van der Waals surface area contributed by atoms with Crippen LogP contribution < -0.4 is 4.74 Å². The van der Waals surface area contributed by atoms with E-state index < -0.39 is 11.2 Å². The van der Waals surface area contributed by atoms with Crippen molar-refractivity contribution in [2.45, 2.75) is 49.9 Å². The summed E-state index contributed by atoms with van der Waals surface area (Å²) in [6.45, 7) is 5.89. The van der Waals surface area contributed by atoms with Crippen molar-refractivity contribution in [2.24, 2.45) is 0 Å². The Morgan fingerprint density at radius 3 is 2.70 bits per heavy atom. The zero-order chi connectivity index (χ0) is 14.4. The Morgan fingerprint density at radius 2 is 2.10 bits per heavy atom. The van der Waals surface area contributed by atoms with Crippen molar-refractivity contribution in [1.82, 2.24) is 0 Å². The lowest BCUT2D eigenvalue weighted by Crippen LogP contribution is -2.53. The molecule has 3 heteroatoms. The lowest BCUT2D eigenvalue weighted by Gasteiger charge is -2.43. The second-order valence-electron chi connectivity index (χ2n) is 6.00. The van der Waals surface area contributed by atoms with Crippen LogP contribution >= 0.6 is 0 Å². The molecule has 0 amide bonds. The molecule has 1 N–H and O–H groups in total. The summed E-state index contributed by atoms with van der Waals surface area (Å²) in [7, 11) is 1.75. The van der Waals surface area contributed by atoms with Gasteiger partial charge in [0.2, 0.25) is 0 Å². The van der Waals surface area contributed by atoms with Crippen LogP contribution in [0.25, 0.3) is 0 Å². The van der Waals surface area contributed by atoms with Gasteiger partial charge >= 0.3 is 0 Å². The minimum Gasteiger partial charge on any atom is -0.483 e. The van der Waals surface area contributed by atoms with Gasteiger partial charge in [0.1, 0.15) is 11.4 Å². The standard InChI is InChI=1S/C17H22O3/c1-4-17(18)14-11-12(2)5-6-15(14)20-16(17)9-7-13(19-3)8-10-16/h4-6,11,13,18H,1,7-10H2,2-3H3. The van der Waals surface area contributed by atoms with E-state index in [0.717, 1.165) is 42.6 Å². The fourth-order valence-electron chi connectivity index (χ4n) is 3.64. The first kappa shape index (κ1) is 13.7. The highest BCUT2D eigenvalue weighted by Crippen LogP contribution is 2.54. The summed E-state index contributed by atoms with van der Waals surface area (Å²) in [5.74, 6) is 0.786. The average molecular weight is 274 g/mol. The molecule has 2 aliphatic rings. The van der Waals surface area contributed by atoms with E-state index in [1.54, 1.807) is 13.2 Å². The molecule has 1 atom stereocenters. The van der Waals surface area contributed by atoms with Gasteiger partial charge in [-0.3, -0.25) is 0 Å². The molecule has 0 aromatic heterocycles. The van der Waals surface area contributed by atoms with E-state index in [1.807, 2.05) is 25.1 Å². The first-order chi connectivity index (χ1) is 9.54. The van der Waals surface area contributed by atoms with Crippen molar-refractivity contribution in [3.8, 4) is 5.75 Å². The Hall–Kier alpha value is -1.32. The predicted octanol–water partition coefficient (Wildman–Crippen LogP) is 3.09. The fraction of sp³-hybridized carbons (Fsp3) is 0.529. The SMILES string of the molecule is C=CC1(O)c2cc(C)ccc2OC12CCC(OC)CC2. The third kappa shape index (κ3) is 1.73. The minimum absolute atomic E-state index is 0.267. The highest BCUT2D eigenvalue weighted by atomic mass is 16.5. The van der Waals surface area contributed by atoms with Crippen LogP contribution in [0.1, 0.15) is 36.8 Å². The maximum absolute atomic E-state index is 11.2. The Morgan fingerprint density at radius 1 is 1.40 bits per heavy atom. The van der Waals surface area contributed by atoms with Crippen molar-refractivity contribution >= 4 is 0 Å². The molecule has 0 saturated heterocycles. The third-order valence-electron chi connectivity index (χ3n) is 4.91. The molecule has 3 rings (SSSR count). The zero-order valence-electron chi connectivity index (χ0n) is 12.2. The summed E-state index contributed by atoms with van der Waals surface area (Å²) in [6.07, 6.45) is 5.28. The van der Waals surface area contributed by atoms with Crippen LogP contribution in [0.3, 0.4) is 0 Å². The quantitative estimate of drug-likeness (QED) is 0.842. The van der Waals surface area contributed by atoms with E-state index in [4.69, 9.17) is 9.47 Å². The summed E-state index contributed by atoms with van der Waals surface area (Å²) in [6, 6.07) is 5.98. The smallest absolute Gasteiger partial charge is 0.150 e. The van der Waals surface area contributed by atoms with E-state index >= 15 is 0 Å². The molecule has 1 aromatic rings. The summed E-state index contributed by atoms with van der Waals surface area (Å²) in [4.78, 5) is 0. The number of methoxy groups -OCH3 is 1. The average Bonchev–Trinajstić information content (AvgIpc) is 2.70. The Kier molecular flexibility index (Phi) is 3.14. The molecule has 1 aromatic carbocycles. The first-order valence-electron chi connectivity index (χ1n) is 7.23. The van der Waals surface area contributed by atoms with Crippen LogP contribution in [-0.4, -0.2) is 23.9 Å². The summed E-state index contributed by atoms with van der Waals surface area (Å²) < 4.78 is 11.6. The first-order valence-corrected chi connectivity index (χ1v) is 7.23. The topological polar surface area (TPSA) is 38.7 Å². The maximum Gasteiger partial charge on any atom is 0.150 e. The number of ether oxygens (including phenoxy) is 2. The van der Waals surface area contributed by atoms with Crippen LogP contribution in [0.2, 0.25) is 0 Å². The van der Waals surface area contributed by atoms with Gasteiger partial charge in [-0.25, -0.2) is 0 Å². The number of rotatable bonds is 2. The molecule has 1 aliphatic carbocycles. The Balaban J connectivity index is 2.01. The van der Waals surface area contributed by atoms with Gasteiger partial charge in [0.05, 0.1) is 6.10 Å². The van der Waals surface area contributed by atoms with Gasteiger partial charge in [-0.15, -0.1) is 0 Å². The maximum atomic E-state index is 11.2. The Bertz CT molecular complexity index is 529. The molecule has 1 aliphatic heterocycles. The van der Waals surface area contributed by atoms with Crippen LogP contribution in [0.4, 0.5) is 0 Å². The van der Waals surface area contributed by atoms with Gasteiger partial charge in [-0.1, -0.05) is 24.3 Å². The number of benzene rings is 1. The van der Waals surface area contributed by atoms with Gasteiger partial charge in [-0.2, -0.15) is 0 Å². The molecular weight excluding hydrogens is 252 g/mol. The number of hydrogen-bond acceptors (Lipinski definition) is 3. The number of fused-ring (bicyclic) bond motifs is 1. The van der Waals surface area contributed by atoms with Gasteiger partial charge in [0.25, 0.3) is 0 Å².